The van der Waals surface area contributed by atoms with Crippen LogP contribution in [0.5, 0.6) is 0 Å². The molecule has 1 aromatic rings. The number of rotatable bonds is 3. The van der Waals surface area contributed by atoms with Crippen LogP contribution < -0.4 is 0 Å². The predicted octanol–water partition coefficient (Wildman–Crippen LogP) is 3.51. The second-order valence-corrected chi connectivity index (χ2v) is 6.06. The molecule has 1 heterocycles. The van der Waals surface area contributed by atoms with Crippen LogP contribution >= 0.6 is 0 Å². The van der Waals surface area contributed by atoms with Crippen molar-refractivity contribution in [3.05, 3.63) is 35.4 Å². The molecule has 1 saturated heterocycles. The van der Waals surface area contributed by atoms with Crippen molar-refractivity contribution >= 4 is 5.78 Å². The summed E-state index contributed by atoms with van der Waals surface area (Å²) in [6.07, 6.45) is 1.16. The standard InChI is InChI=1S/C16H21F2NO/c1-10-6-11(2)9-19(8-10)12(3)16(20)14-5-4-13(17)7-15(14)18/h4-5,7,10-12H,6,8-9H2,1-3H3. The molecule has 3 unspecified atom stereocenters. The third-order valence-corrected chi connectivity index (χ3v) is 4.02. The van der Waals surface area contributed by atoms with Crippen LogP contribution in [0.25, 0.3) is 0 Å². The molecular formula is C16H21F2NO. The van der Waals surface area contributed by atoms with E-state index in [9.17, 15) is 13.6 Å². The third-order valence-electron chi connectivity index (χ3n) is 4.02. The van der Waals surface area contributed by atoms with Gasteiger partial charge < -0.3 is 0 Å². The lowest BCUT2D eigenvalue weighted by Gasteiger charge is -2.38. The maximum Gasteiger partial charge on any atom is 0.182 e. The topological polar surface area (TPSA) is 20.3 Å². The minimum absolute atomic E-state index is 0.0234. The SMILES string of the molecule is CC1CC(C)CN(C(C)C(=O)c2ccc(F)cc2F)C1. The van der Waals surface area contributed by atoms with E-state index in [1.54, 1.807) is 6.92 Å². The number of piperidine rings is 1. The van der Waals surface area contributed by atoms with Crippen molar-refractivity contribution < 1.29 is 13.6 Å². The van der Waals surface area contributed by atoms with Gasteiger partial charge in [-0.1, -0.05) is 13.8 Å². The lowest BCUT2D eigenvalue weighted by atomic mass is 9.90. The van der Waals surface area contributed by atoms with Crippen molar-refractivity contribution in [1.29, 1.82) is 0 Å². The largest absolute Gasteiger partial charge is 0.293 e. The average molecular weight is 281 g/mol. The Morgan fingerprint density at radius 2 is 1.85 bits per heavy atom. The number of ketones is 1. The summed E-state index contributed by atoms with van der Waals surface area (Å²) >= 11 is 0. The zero-order valence-corrected chi connectivity index (χ0v) is 12.2. The normalized spacial score (nSPS) is 25.4. The number of likely N-dealkylation sites (tertiary alicyclic amines) is 1. The molecule has 3 atom stereocenters. The second-order valence-electron chi connectivity index (χ2n) is 6.06. The van der Waals surface area contributed by atoms with Crippen LogP contribution in [-0.2, 0) is 0 Å². The van der Waals surface area contributed by atoms with Gasteiger partial charge in [0.25, 0.3) is 0 Å². The average Bonchev–Trinajstić information content (AvgIpc) is 2.36. The summed E-state index contributed by atoms with van der Waals surface area (Å²) in [5, 5.41) is 0. The zero-order valence-electron chi connectivity index (χ0n) is 12.2. The Kier molecular flexibility index (Phi) is 4.53. The molecule has 0 spiro atoms. The maximum atomic E-state index is 13.7. The van der Waals surface area contributed by atoms with Gasteiger partial charge in [-0.05, 0) is 37.3 Å². The summed E-state index contributed by atoms with van der Waals surface area (Å²) in [7, 11) is 0. The van der Waals surface area contributed by atoms with Crippen LogP contribution in [-0.4, -0.2) is 29.8 Å². The summed E-state index contributed by atoms with van der Waals surface area (Å²) in [5.41, 5.74) is -0.0234. The monoisotopic (exact) mass is 281 g/mol. The molecule has 0 aromatic heterocycles. The van der Waals surface area contributed by atoms with E-state index < -0.39 is 11.6 Å². The van der Waals surface area contributed by atoms with Gasteiger partial charge in [-0.2, -0.15) is 0 Å². The highest BCUT2D eigenvalue weighted by molar-refractivity contribution is 6.00. The van der Waals surface area contributed by atoms with E-state index in [-0.39, 0.29) is 17.4 Å². The van der Waals surface area contributed by atoms with E-state index in [2.05, 4.69) is 18.7 Å². The van der Waals surface area contributed by atoms with E-state index in [1.807, 2.05) is 0 Å². The molecule has 0 amide bonds. The number of nitrogens with zero attached hydrogens (tertiary/aromatic N) is 1. The second kappa shape index (κ2) is 6.00. The molecule has 1 fully saturated rings. The number of halogens is 2. The highest BCUT2D eigenvalue weighted by Gasteiger charge is 2.30. The number of carbonyl (C=O) groups excluding carboxylic acids is 1. The summed E-state index contributed by atoms with van der Waals surface area (Å²) < 4.78 is 26.6. The van der Waals surface area contributed by atoms with Crippen molar-refractivity contribution in [3.8, 4) is 0 Å². The van der Waals surface area contributed by atoms with Gasteiger partial charge in [0.1, 0.15) is 11.6 Å². The quantitative estimate of drug-likeness (QED) is 0.790. The molecule has 4 heteroatoms. The Labute approximate surface area is 118 Å². The first-order valence-corrected chi connectivity index (χ1v) is 7.11. The molecule has 1 aromatic carbocycles. The van der Waals surface area contributed by atoms with Crippen LogP contribution in [0.15, 0.2) is 18.2 Å². The first-order chi connectivity index (χ1) is 9.38. The van der Waals surface area contributed by atoms with Crippen molar-refractivity contribution in [2.75, 3.05) is 13.1 Å². The van der Waals surface area contributed by atoms with Crippen LogP contribution in [0.1, 0.15) is 37.6 Å². The number of benzene rings is 1. The minimum atomic E-state index is -0.778. The Hall–Kier alpha value is -1.29. The number of carbonyl (C=O) groups is 1. The van der Waals surface area contributed by atoms with Gasteiger partial charge in [-0.3, -0.25) is 9.69 Å². The van der Waals surface area contributed by atoms with Crippen molar-refractivity contribution in [1.82, 2.24) is 4.90 Å². The third kappa shape index (κ3) is 3.23. The summed E-state index contributed by atoms with van der Waals surface area (Å²) in [5.74, 6) is -0.644. The van der Waals surface area contributed by atoms with Gasteiger partial charge in [0.15, 0.2) is 5.78 Å². The molecule has 20 heavy (non-hydrogen) atoms. The molecular weight excluding hydrogens is 260 g/mol. The lowest BCUT2D eigenvalue weighted by molar-refractivity contribution is 0.0683. The molecule has 1 aliphatic heterocycles. The van der Waals surface area contributed by atoms with Crippen LogP contribution in [0.2, 0.25) is 0 Å². The van der Waals surface area contributed by atoms with Gasteiger partial charge >= 0.3 is 0 Å². The summed E-state index contributed by atoms with van der Waals surface area (Å²) in [6, 6.07) is 2.76. The molecule has 2 nitrogen and oxygen atoms in total. The van der Waals surface area contributed by atoms with Gasteiger partial charge in [0.2, 0.25) is 0 Å². The van der Waals surface area contributed by atoms with Crippen molar-refractivity contribution in [3.63, 3.8) is 0 Å². The maximum absolute atomic E-state index is 13.7. The van der Waals surface area contributed by atoms with Crippen molar-refractivity contribution in [2.24, 2.45) is 11.8 Å². The molecule has 2 rings (SSSR count). The fraction of sp³-hybridized carbons (Fsp3) is 0.562. The van der Waals surface area contributed by atoms with Crippen molar-refractivity contribution in [2.45, 2.75) is 33.2 Å². The van der Waals surface area contributed by atoms with E-state index in [0.717, 1.165) is 31.6 Å². The van der Waals surface area contributed by atoms with Crippen LogP contribution in [0.4, 0.5) is 8.78 Å². The highest BCUT2D eigenvalue weighted by Crippen LogP contribution is 2.24. The number of hydrogen-bond donors (Lipinski definition) is 0. The summed E-state index contributed by atoms with van der Waals surface area (Å²) in [6.45, 7) is 7.83. The Balaban J connectivity index is 2.15. The van der Waals surface area contributed by atoms with E-state index >= 15 is 0 Å². The van der Waals surface area contributed by atoms with E-state index in [0.29, 0.717) is 11.8 Å². The lowest BCUT2D eigenvalue weighted by Crippen LogP contribution is -2.47. The fourth-order valence-corrected chi connectivity index (χ4v) is 3.11. The van der Waals surface area contributed by atoms with Crippen LogP contribution in [0.3, 0.4) is 0 Å². The van der Waals surface area contributed by atoms with E-state index in [1.165, 1.54) is 6.07 Å². The summed E-state index contributed by atoms with van der Waals surface area (Å²) in [4.78, 5) is 14.5. The van der Waals surface area contributed by atoms with Gasteiger partial charge in [-0.25, -0.2) is 8.78 Å². The first kappa shape index (κ1) is 15.1. The number of hydrogen-bond acceptors (Lipinski definition) is 2. The molecule has 0 radical (unpaired) electrons. The molecule has 0 N–H and O–H groups in total. The van der Waals surface area contributed by atoms with Gasteiger partial charge in [0, 0.05) is 19.2 Å². The van der Waals surface area contributed by atoms with E-state index in [4.69, 9.17) is 0 Å². The minimum Gasteiger partial charge on any atom is -0.293 e. The Bertz CT molecular complexity index is 493. The molecule has 0 bridgehead atoms. The first-order valence-electron chi connectivity index (χ1n) is 7.11. The van der Waals surface area contributed by atoms with Crippen LogP contribution in [0, 0.1) is 23.5 Å². The highest BCUT2D eigenvalue weighted by atomic mass is 19.1. The fourth-order valence-electron chi connectivity index (χ4n) is 3.11. The molecule has 0 saturated carbocycles. The van der Waals surface area contributed by atoms with Gasteiger partial charge in [-0.15, -0.1) is 0 Å². The smallest absolute Gasteiger partial charge is 0.182 e. The van der Waals surface area contributed by atoms with Gasteiger partial charge in [0.05, 0.1) is 11.6 Å². The predicted molar refractivity (Wildman–Crippen MR) is 74.7 cm³/mol. The Morgan fingerprint density at radius 3 is 2.40 bits per heavy atom. The zero-order chi connectivity index (χ0) is 14.9. The molecule has 110 valence electrons. The number of Topliss-reactive ketones (excluding diaryl/α,β-unsaturated/α-hetero) is 1. The molecule has 1 aliphatic rings. The Morgan fingerprint density at radius 1 is 1.25 bits per heavy atom. The molecule has 0 aliphatic carbocycles.